The molecule has 1 fully saturated rings. The van der Waals surface area contributed by atoms with Crippen LogP contribution in [-0.4, -0.2) is 29.7 Å². The van der Waals surface area contributed by atoms with Gasteiger partial charge >= 0.3 is 5.97 Å². The Kier molecular flexibility index (Phi) is 3.61. The summed E-state index contributed by atoms with van der Waals surface area (Å²) in [7, 11) is 1.95. The monoisotopic (exact) mass is 234 g/mol. The largest absolute Gasteiger partial charge is 0.478 e. The quantitative estimate of drug-likeness (QED) is 0.869. The van der Waals surface area contributed by atoms with Gasteiger partial charge in [0.05, 0.1) is 17.4 Å². The average Bonchev–Trinajstić information content (AvgIpc) is 2.81. The molecule has 1 aliphatic carbocycles. The van der Waals surface area contributed by atoms with Gasteiger partial charge in [0.1, 0.15) is 0 Å². The minimum absolute atomic E-state index is 0.334. The zero-order valence-corrected chi connectivity index (χ0v) is 10.1. The molecule has 2 rings (SSSR count). The Morgan fingerprint density at radius 3 is 2.88 bits per heavy atom. The fourth-order valence-electron chi connectivity index (χ4n) is 2.55. The minimum atomic E-state index is -0.888. The summed E-state index contributed by atoms with van der Waals surface area (Å²) in [5, 5.41) is 9.12. The van der Waals surface area contributed by atoms with Crippen LogP contribution in [0.25, 0.3) is 0 Å². The molecule has 0 spiro atoms. The number of aromatic carboxylic acids is 1. The molecular weight excluding hydrogens is 216 g/mol. The first kappa shape index (κ1) is 11.9. The van der Waals surface area contributed by atoms with Crippen LogP contribution in [0.1, 0.15) is 36.0 Å². The number of carboxylic acids is 1. The first-order valence-electron chi connectivity index (χ1n) is 6.07. The lowest BCUT2D eigenvalue weighted by Gasteiger charge is -2.23. The lowest BCUT2D eigenvalue weighted by Crippen LogP contribution is -2.25. The third-order valence-electron chi connectivity index (χ3n) is 3.45. The molecule has 0 bridgehead atoms. The van der Waals surface area contributed by atoms with E-state index in [0.29, 0.717) is 17.2 Å². The highest BCUT2D eigenvalue weighted by molar-refractivity contribution is 5.94. The molecule has 17 heavy (non-hydrogen) atoms. The molecule has 0 aromatic carbocycles. The maximum atomic E-state index is 11.1. The van der Waals surface area contributed by atoms with E-state index in [1.807, 2.05) is 11.9 Å². The zero-order chi connectivity index (χ0) is 12.3. The fourth-order valence-corrected chi connectivity index (χ4v) is 2.55. The van der Waals surface area contributed by atoms with Crippen molar-refractivity contribution in [2.24, 2.45) is 5.92 Å². The van der Waals surface area contributed by atoms with E-state index in [4.69, 9.17) is 5.11 Å². The van der Waals surface area contributed by atoms with Crippen LogP contribution in [0.2, 0.25) is 0 Å². The van der Waals surface area contributed by atoms with Crippen molar-refractivity contribution in [2.75, 3.05) is 18.5 Å². The smallest absolute Gasteiger partial charge is 0.337 e. The molecule has 4 heteroatoms. The summed E-state index contributed by atoms with van der Waals surface area (Å²) in [6, 6.07) is 1.56. The molecule has 0 amide bonds. The van der Waals surface area contributed by atoms with Crippen LogP contribution in [0.5, 0.6) is 0 Å². The fraction of sp³-hybridized carbons (Fsp3) is 0.538. The van der Waals surface area contributed by atoms with E-state index in [9.17, 15) is 4.79 Å². The minimum Gasteiger partial charge on any atom is -0.478 e. The Hall–Kier alpha value is -1.58. The van der Waals surface area contributed by atoms with Crippen molar-refractivity contribution in [2.45, 2.75) is 25.7 Å². The summed E-state index contributed by atoms with van der Waals surface area (Å²) in [6.07, 6.45) is 8.28. The van der Waals surface area contributed by atoms with Gasteiger partial charge < -0.3 is 10.0 Å². The number of nitrogens with zero attached hydrogens (tertiary/aromatic N) is 2. The highest BCUT2D eigenvalue weighted by Crippen LogP contribution is 2.27. The van der Waals surface area contributed by atoms with Gasteiger partial charge in [0.2, 0.25) is 0 Å². The van der Waals surface area contributed by atoms with Crippen molar-refractivity contribution in [1.82, 2.24) is 4.98 Å². The van der Waals surface area contributed by atoms with Gasteiger partial charge in [-0.3, -0.25) is 4.98 Å². The average molecular weight is 234 g/mol. The lowest BCUT2D eigenvalue weighted by atomic mass is 10.1. The van der Waals surface area contributed by atoms with Crippen molar-refractivity contribution in [1.29, 1.82) is 0 Å². The Bertz CT molecular complexity index is 400. The van der Waals surface area contributed by atoms with Crippen molar-refractivity contribution in [3.05, 3.63) is 24.0 Å². The van der Waals surface area contributed by atoms with Crippen LogP contribution in [0.15, 0.2) is 18.5 Å². The predicted molar refractivity (Wildman–Crippen MR) is 66.4 cm³/mol. The maximum absolute atomic E-state index is 11.1. The standard InChI is InChI=1S/C13H18N2O2/c1-15(9-10-4-2-3-5-10)12-8-14-7-6-11(12)13(16)17/h6-8,10H,2-5,9H2,1H3,(H,16,17). The molecule has 1 saturated carbocycles. The second kappa shape index (κ2) is 5.17. The number of carbonyl (C=O) groups is 1. The molecule has 1 aliphatic rings. The molecule has 1 aromatic rings. The number of rotatable bonds is 4. The van der Waals surface area contributed by atoms with Gasteiger partial charge in [-0.25, -0.2) is 4.79 Å². The molecule has 1 aromatic heterocycles. The Labute approximate surface area is 101 Å². The molecule has 0 atom stereocenters. The van der Waals surface area contributed by atoms with Gasteiger partial charge in [0.25, 0.3) is 0 Å². The molecule has 0 aliphatic heterocycles. The number of aromatic nitrogens is 1. The third kappa shape index (κ3) is 2.75. The van der Waals surface area contributed by atoms with Crippen molar-refractivity contribution < 1.29 is 9.90 Å². The molecule has 1 heterocycles. The summed E-state index contributed by atoms with van der Waals surface area (Å²) < 4.78 is 0. The first-order valence-corrected chi connectivity index (χ1v) is 6.07. The van der Waals surface area contributed by atoms with E-state index in [1.165, 1.54) is 31.9 Å². The Balaban J connectivity index is 2.12. The van der Waals surface area contributed by atoms with Crippen LogP contribution >= 0.6 is 0 Å². The molecule has 0 unspecified atom stereocenters. The van der Waals surface area contributed by atoms with Gasteiger partial charge in [0.15, 0.2) is 0 Å². The summed E-state index contributed by atoms with van der Waals surface area (Å²) in [6.45, 7) is 0.923. The van der Waals surface area contributed by atoms with E-state index in [0.717, 1.165) is 6.54 Å². The SMILES string of the molecule is CN(CC1CCCC1)c1cnccc1C(=O)O. The molecule has 1 N–H and O–H groups in total. The second-order valence-electron chi connectivity index (χ2n) is 4.73. The van der Waals surface area contributed by atoms with Gasteiger partial charge in [-0.1, -0.05) is 12.8 Å². The summed E-state index contributed by atoms with van der Waals surface area (Å²) in [5.41, 5.74) is 1.05. The zero-order valence-electron chi connectivity index (χ0n) is 10.1. The number of hydrogen-bond donors (Lipinski definition) is 1. The van der Waals surface area contributed by atoms with Crippen LogP contribution in [0, 0.1) is 5.92 Å². The van der Waals surface area contributed by atoms with Gasteiger partial charge in [-0.05, 0) is 24.8 Å². The summed E-state index contributed by atoms with van der Waals surface area (Å²) in [4.78, 5) is 17.1. The van der Waals surface area contributed by atoms with E-state index in [1.54, 1.807) is 12.3 Å². The molecule has 0 radical (unpaired) electrons. The van der Waals surface area contributed by atoms with E-state index < -0.39 is 5.97 Å². The normalized spacial score (nSPS) is 16.1. The number of carboxylic acid groups (broad SMARTS) is 1. The highest BCUT2D eigenvalue weighted by Gasteiger charge is 2.19. The number of hydrogen-bond acceptors (Lipinski definition) is 3. The topological polar surface area (TPSA) is 53.4 Å². The van der Waals surface area contributed by atoms with Gasteiger partial charge in [-0.2, -0.15) is 0 Å². The Morgan fingerprint density at radius 1 is 1.53 bits per heavy atom. The lowest BCUT2D eigenvalue weighted by molar-refractivity contribution is 0.0697. The van der Waals surface area contributed by atoms with Gasteiger partial charge in [0, 0.05) is 19.8 Å². The van der Waals surface area contributed by atoms with E-state index >= 15 is 0 Å². The second-order valence-corrected chi connectivity index (χ2v) is 4.73. The van der Waals surface area contributed by atoms with Crippen molar-refractivity contribution in [3.8, 4) is 0 Å². The number of pyridine rings is 1. The molecule has 0 saturated heterocycles. The van der Waals surface area contributed by atoms with E-state index in [2.05, 4.69) is 4.98 Å². The third-order valence-corrected chi connectivity index (χ3v) is 3.45. The maximum Gasteiger partial charge on any atom is 0.337 e. The predicted octanol–water partition coefficient (Wildman–Crippen LogP) is 2.41. The highest BCUT2D eigenvalue weighted by atomic mass is 16.4. The molecule has 4 nitrogen and oxygen atoms in total. The van der Waals surface area contributed by atoms with Gasteiger partial charge in [-0.15, -0.1) is 0 Å². The Morgan fingerprint density at radius 2 is 2.24 bits per heavy atom. The van der Waals surface area contributed by atoms with E-state index in [-0.39, 0.29) is 0 Å². The van der Waals surface area contributed by atoms with Crippen LogP contribution in [0.3, 0.4) is 0 Å². The number of anilines is 1. The van der Waals surface area contributed by atoms with Crippen molar-refractivity contribution >= 4 is 11.7 Å². The van der Waals surface area contributed by atoms with Crippen LogP contribution < -0.4 is 4.90 Å². The van der Waals surface area contributed by atoms with Crippen molar-refractivity contribution in [3.63, 3.8) is 0 Å². The summed E-state index contributed by atoms with van der Waals surface area (Å²) in [5.74, 6) is -0.192. The molecule has 92 valence electrons. The first-order chi connectivity index (χ1) is 8.18. The van der Waals surface area contributed by atoms with Crippen LogP contribution in [0.4, 0.5) is 5.69 Å². The molecular formula is C13H18N2O2. The van der Waals surface area contributed by atoms with Crippen LogP contribution in [-0.2, 0) is 0 Å². The summed E-state index contributed by atoms with van der Waals surface area (Å²) >= 11 is 0.